The molecule has 136 valence electrons. The summed E-state index contributed by atoms with van der Waals surface area (Å²) in [5.74, 6) is -2.38. The molecule has 0 saturated heterocycles. The molecule has 0 aliphatic carbocycles. The molecule has 4 aromatic rings. The second kappa shape index (κ2) is 6.44. The van der Waals surface area contributed by atoms with Crippen molar-refractivity contribution in [3.05, 3.63) is 69.9 Å². The van der Waals surface area contributed by atoms with Gasteiger partial charge in [-0.15, -0.1) is 5.10 Å². The Morgan fingerprint density at radius 2 is 2.00 bits per heavy atom. The van der Waals surface area contributed by atoms with Gasteiger partial charge in [0.2, 0.25) is 5.91 Å². The zero-order chi connectivity index (χ0) is 19.1. The topological polar surface area (TPSA) is 81.3 Å². The predicted octanol–water partition coefficient (Wildman–Crippen LogP) is 2.61. The summed E-state index contributed by atoms with van der Waals surface area (Å²) >= 11 is 5.99. The number of benzene rings is 2. The lowest BCUT2D eigenvalue weighted by molar-refractivity contribution is -0.117. The minimum absolute atomic E-state index is 0.197. The summed E-state index contributed by atoms with van der Waals surface area (Å²) < 4.78 is 28.7. The maximum Gasteiger partial charge on any atom is 0.352 e. The summed E-state index contributed by atoms with van der Waals surface area (Å²) in [6.45, 7) is -0.459. The minimum atomic E-state index is -0.921. The molecule has 0 saturated carbocycles. The lowest BCUT2D eigenvalue weighted by Gasteiger charge is -2.05. The van der Waals surface area contributed by atoms with Crippen molar-refractivity contribution < 1.29 is 13.6 Å². The van der Waals surface area contributed by atoms with Crippen LogP contribution in [-0.4, -0.2) is 25.1 Å². The molecule has 4 rings (SSSR count). The number of nitrogens with one attached hydrogen (secondary N) is 1. The van der Waals surface area contributed by atoms with E-state index in [1.165, 1.54) is 10.7 Å². The third kappa shape index (κ3) is 3.13. The lowest BCUT2D eigenvalue weighted by Crippen LogP contribution is -2.28. The van der Waals surface area contributed by atoms with Gasteiger partial charge in [-0.1, -0.05) is 11.6 Å². The highest BCUT2D eigenvalue weighted by atomic mass is 35.5. The summed E-state index contributed by atoms with van der Waals surface area (Å²) in [7, 11) is 0. The summed E-state index contributed by atoms with van der Waals surface area (Å²) in [5.41, 5.74) is 0.0846. The van der Waals surface area contributed by atoms with Crippen LogP contribution in [0.1, 0.15) is 0 Å². The van der Waals surface area contributed by atoms with E-state index >= 15 is 0 Å². The van der Waals surface area contributed by atoms with E-state index in [1.807, 2.05) is 0 Å². The number of hydrogen-bond donors (Lipinski definition) is 1. The number of carbonyl (C=O) groups excluding carboxylic acids is 1. The van der Waals surface area contributed by atoms with Gasteiger partial charge in [0.1, 0.15) is 24.5 Å². The first-order chi connectivity index (χ1) is 12.9. The van der Waals surface area contributed by atoms with Crippen LogP contribution in [0.5, 0.6) is 0 Å². The highest BCUT2D eigenvalue weighted by Crippen LogP contribution is 2.20. The van der Waals surface area contributed by atoms with Gasteiger partial charge in [0.25, 0.3) is 0 Å². The van der Waals surface area contributed by atoms with Crippen molar-refractivity contribution in [1.29, 1.82) is 0 Å². The van der Waals surface area contributed by atoms with E-state index in [0.717, 1.165) is 16.8 Å². The molecule has 2 heterocycles. The number of aromatic nitrogens is 4. The first-order valence-corrected chi connectivity index (χ1v) is 8.08. The molecule has 0 bridgehead atoms. The van der Waals surface area contributed by atoms with Gasteiger partial charge in [0.15, 0.2) is 5.65 Å². The zero-order valence-corrected chi connectivity index (χ0v) is 14.2. The smallest absolute Gasteiger partial charge is 0.322 e. The van der Waals surface area contributed by atoms with Crippen LogP contribution in [0.4, 0.5) is 14.5 Å². The van der Waals surface area contributed by atoms with E-state index in [1.54, 1.807) is 18.2 Å². The third-order valence-corrected chi connectivity index (χ3v) is 4.12. The Balaban J connectivity index is 1.68. The van der Waals surface area contributed by atoms with Gasteiger partial charge in [0.05, 0.1) is 11.2 Å². The van der Waals surface area contributed by atoms with Crippen molar-refractivity contribution in [3.63, 3.8) is 0 Å². The molecule has 0 fully saturated rings. The molecule has 1 amide bonds. The molecule has 7 nitrogen and oxygen atoms in total. The van der Waals surface area contributed by atoms with Gasteiger partial charge in [-0.25, -0.2) is 27.6 Å². The predicted molar refractivity (Wildman–Crippen MR) is 94.8 cm³/mol. The first kappa shape index (κ1) is 17.1. The molecule has 0 aliphatic rings. The molecule has 0 aliphatic heterocycles. The lowest BCUT2D eigenvalue weighted by atomic mass is 10.2. The van der Waals surface area contributed by atoms with Crippen molar-refractivity contribution in [2.24, 2.45) is 0 Å². The summed E-state index contributed by atoms with van der Waals surface area (Å²) in [6, 6.07) is 7.71. The molecular formula is C17H10ClF2N5O2. The number of carbonyl (C=O) groups is 1. The average molecular weight is 390 g/mol. The van der Waals surface area contributed by atoms with E-state index in [4.69, 9.17) is 11.6 Å². The molecule has 27 heavy (non-hydrogen) atoms. The molecule has 0 unspecified atom stereocenters. The van der Waals surface area contributed by atoms with Crippen molar-refractivity contribution in [3.8, 4) is 0 Å². The van der Waals surface area contributed by atoms with E-state index in [2.05, 4.69) is 15.4 Å². The Morgan fingerprint density at radius 3 is 2.78 bits per heavy atom. The van der Waals surface area contributed by atoms with Crippen LogP contribution in [0, 0.1) is 11.6 Å². The second-order valence-electron chi connectivity index (χ2n) is 5.71. The van der Waals surface area contributed by atoms with Crippen LogP contribution in [0.2, 0.25) is 5.02 Å². The van der Waals surface area contributed by atoms with Crippen LogP contribution >= 0.6 is 11.6 Å². The number of fused-ring (bicyclic) bond motifs is 3. The van der Waals surface area contributed by atoms with Crippen molar-refractivity contribution >= 4 is 39.7 Å². The van der Waals surface area contributed by atoms with E-state index in [-0.39, 0.29) is 11.3 Å². The van der Waals surface area contributed by atoms with Gasteiger partial charge >= 0.3 is 5.69 Å². The maximum absolute atomic E-state index is 13.6. The van der Waals surface area contributed by atoms with E-state index in [9.17, 15) is 18.4 Å². The molecule has 10 heteroatoms. The van der Waals surface area contributed by atoms with Gasteiger partial charge in [0, 0.05) is 16.5 Å². The van der Waals surface area contributed by atoms with Crippen LogP contribution in [0.25, 0.3) is 16.6 Å². The number of amides is 1. The largest absolute Gasteiger partial charge is 0.352 e. The quantitative estimate of drug-likeness (QED) is 0.584. The highest BCUT2D eigenvalue weighted by Gasteiger charge is 2.15. The fraction of sp³-hybridized carbons (Fsp3) is 0.0588. The number of anilines is 1. The van der Waals surface area contributed by atoms with E-state index in [0.29, 0.717) is 22.0 Å². The number of nitrogens with zero attached hydrogens (tertiary/aromatic N) is 4. The van der Waals surface area contributed by atoms with Crippen LogP contribution in [0.15, 0.2) is 47.5 Å². The molecule has 0 spiro atoms. The average Bonchev–Trinajstić information content (AvgIpc) is 2.94. The minimum Gasteiger partial charge on any atom is -0.322 e. The van der Waals surface area contributed by atoms with Gasteiger partial charge in [-0.2, -0.15) is 0 Å². The van der Waals surface area contributed by atoms with Crippen LogP contribution in [0.3, 0.4) is 0 Å². The summed E-state index contributed by atoms with van der Waals surface area (Å²) in [5, 5.41) is 7.43. The van der Waals surface area contributed by atoms with Gasteiger partial charge < -0.3 is 5.32 Å². The molecular weight excluding hydrogens is 380 g/mol. The standard InChI is InChI=1S/C17H10ClF2N5O2/c18-9-1-3-13-11(5-9)16-23-25(17(27)24(16)8-21-13)7-15(26)22-14-4-2-10(19)6-12(14)20/h1-6,8H,7H2,(H,22,26). The van der Waals surface area contributed by atoms with Crippen molar-refractivity contribution in [2.75, 3.05) is 5.32 Å². The molecule has 1 N–H and O–H groups in total. The Labute approximate surface area is 154 Å². The highest BCUT2D eigenvalue weighted by molar-refractivity contribution is 6.31. The summed E-state index contributed by atoms with van der Waals surface area (Å²) in [4.78, 5) is 28.7. The Hall–Kier alpha value is -3.33. The van der Waals surface area contributed by atoms with Gasteiger partial charge in [-0.3, -0.25) is 4.79 Å². The van der Waals surface area contributed by atoms with E-state index < -0.39 is 29.8 Å². The SMILES string of the molecule is O=C(Cn1nc2c3cc(Cl)ccc3ncn2c1=O)Nc1ccc(F)cc1F. The Morgan fingerprint density at radius 1 is 1.19 bits per heavy atom. The first-order valence-electron chi connectivity index (χ1n) is 7.71. The fourth-order valence-electron chi connectivity index (χ4n) is 2.65. The Bertz CT molecular complexity index is 1270. The summed E-state index contributed by atoms with van der Waals surface area (Å²) in [6.07, 6.45) is 1.30. The molecule has 2 aromatic heterocycles. The Kier molecular flexibility index (Phi) is 4.08. The van der Waals surface area contributed by atoms with Crippen LogP contribution < -0.4 is 11.0 Å². The number of hydrogen-bond acceptors (Lipinski definition) is 4. The third-order valence-electron chi connectivity index (χ3n) is 3.88. The van der Waals surface area contributed by atoms with Crippen LogP contribution in [-0.2, 0) is 11.3 Å². The maximum atomic E-state index is 13.6. The molecule has 2 aromatic carbocycles. The van der Waals surface area contributed by atoms with Crippen molar-refractivity contribution in [2.45, 2.75) is 6.54 Å². The van der Waals surface area contributed by atoms with Crippen molar-refractivity contribution in [1.82, 2.24) is 19.2 Å². The monoisotopic (exact) mass is 389 g/mol. The van der Waals surface area contributed by atoms with Gasteiger partial charge in [-0.05, 0) is 30.3 Å². The molecule has 0 atom stereocenters. The molecule has 0 radical (unpaired) electrons. The fourth-order valence-corrected chi connectivity index (χ4v) is 2.82. The number of halogens is 3. The second-order valence-corrected chi connectivity index (χ2v) is 6.15. The zero-order valence-electron chi connectivity index (χ0n) is 13.5. The normalized spacial score (nSPS) is 11.2. The number of rotatable bonds is 3.